The SMILES string of the molecule is O=C(NCCC(=O)N1CCCC1)c1cc(S)ccc1Br. The number of halogens is 1. The van der Waals surface area contributed by atoms with Crippen molar-refractivity contribution in [2.75, 3.05) is 19.6 Å². The fourth-order valence-electron chi connectivity index (χ4n) is 2.19. The molecule has 0 radical (unpaired) electrons. The summed E-state index contributed by atoms with van der Waals surface area (Å²) >= 11 is 7.55. The molecule has 2 amide bonds. The third-order valence-corrected chi connectivity index (χ3v) is 4.25. The molecule has 0 aromatic heterocycles. The number of nitrogens with zero attached hydrogens (tertiary/aromatic N) is 1. The van der Waals surface area contributed by atoms with Gasteiger partial charge in [-0.15, -0.1) is 12.6 Å². The first kappa shape index (κ1) is 15.4. The minimum absolute atomic E-state index is 0.116. The average molecular weight is 357 g/mol. The topological polar surface area (TPSA) is 49.4 Å². The number of nitrogens with one attached hydrogen (secondary N) is 1. The standard InChI is InChI=1S/C14H17BrN2O2S/c15-12-4-3-10(20)9-11(12)14(19)16-6-5-13(18)17-7-1-2-8-17/h3-4,9,20H,1-2,5-8H2,(H,16,19). The van der Waals surface area contributed by atoms with Crippen molar-refractivity contribution >= 4 is 40.4 Å². The molecule has 0 saturated carbocycles. The van der Waals surface area contributed by atoms with Crippen molar-refractivity contribution in [2.45, 2.75) is 24.2 Å². The summed E-state index contributed by atoms with van der Waals surface area (Å²) in [4.78, 5) is 26.4. The lowest BCUT2D eigenvalue weighted by Gasteiger charge is -2.15. The van der Waals surface area contributed by atoms with E-state index in [1.807, 2.05) is 4.90 Å². The van der Waals surface area contributed by atoms with Crippen molar-refractivity contribution in [3.63, 3.8) is 0 Å². The molecule has 1 heterocycles. The summed E-state index contributed by atoms with van der Waals surface area (Å²) in [6.07, 6.45) is 2.52. The highest BCUT2D eigenvalue weighted by Gasteiger charge is 2.17. The number of carbonyl (C=O) groups is 2. The molecule has 2 rings (SSSR count). The van der Waals surface area contributed by atoms with E-state index in [1.54, 1.807) is 18.2 Å². The summed E-state index contributed by atoms with van der Waals surface area (Å²) in [6.45, 7) is 2.05. The van der Waals surface area contributed by atoms with Gasteiger partial charge >= 0.3 is 0 Å². The van der Waals surface area contributed by atoms with Crippen LogP contribution in [-0.2, 0) is 4.79 Å². The molecule has 0 spiro atoms. The van der Waals surface area contributed by atoms with Gasteiger partial charge in [0.25, 0.3) is 5.91 Å². The number of rotatable bonds is 4. The molecule has 1 aliphatic heterocycles. The first-order chi connectivity index (χ1) is 9.58. The van der Waals surface area contributed by atoms with E-state index < -0.39 is 0 Å². The molecule has 0 aliphatic carbocycles. The summed E-state index contributed by atoms with van der Waals surface area (Å²) < 4.78 is 0.721. The van der Waals surface area contributed by atoms with Crippen LogP contribution < -0.4 is 5.32 Å². The van der Waals surface area contributed by atoms with Crippen LogP contribution in [0.2, 0.25) is 0 Å². The van der Waals surface area contributed by atoms with Gasteiger partial charge in [-0.05, 0) is 47.0 Å². The summed E-state index contributed by atoms with van der Waals surface area (Å²) in [6, 6.07) is 5.29. The Hall–Kier alpha value is -1.01. The van der Waals surface area contributed by atoms with Crippen LogP contribution in [0.3, 0.4) is 0 Å². The predicted molar refractivity (Wildman–Crippen MR) is 84.2 cm³/mol. The van der Waals surface area contributed by atoms with Gasteiger partial charge in [0.05, 0.1) is 5.56 Å². The molecule has 1 saturated heterocycles. The molecule has 4 nitrogen and oxygen atoms in total. The Labute approximate surface area is 132 Å². The molecule has 6 heteroatoms. The number of hydrogen-bond acceptors (Lipinski definition) is 3. The first-order valence-corrected chi connectivity index (χ1v) is 7.86. The highest BCUT2D eigenvalue weighted by atomic mass is 79.9. The molecule has 1 aromatic carbocycles. The van der Waals surface area contributed by atoms with Gasteiger partial charge in [-0.1, -0.05) is 0 Å². The van der Waals surface area contributed by atoms with E-state index in [4.69, 9.17) is 0 Å². The number of carbonyl (C=O) groups excluding carboxylic acids is 2. The second kappa shape index (κ2) is 7.13. The lowest BCUT2D eigenvalue weighted by molar-refractivity contribution is -0.129. The van der Waals surface area contributed by atoms with E-state index in [1.165, 1.54) is 0 Å². The van der Waals surface area contributed by atoms with Gasteiger partial charge in [0.2, 0.25) is 5.91 Å². The van der Waals surface area contributed by atoms with Crippen molar-refractivity contribution < 1.29 is 9.59 Å². The Bertz CT molecular complexity index is 516. The van der Waals surface area contributed by atoms with Crippen LogP contribution in [0.25, 0.3) is 0 Å². The van der Waals surface area contributed by atoms with Crippen molar-refractivity contribution in [2.24, 2.45) is 0 Å². The van der Waals surface area contributed by atoms with Crippen LogP contribution in [0.5, 0.6) is 0 Å². The number of hydrogen-bond donors (Lipinski definition) is 2. The van der Waals surface area contributed by atoms with Gasteiger partial charge in [0, 0.05) is 35.4 Å². The Kier molecular flexibility index (Phi) is 5.48. The average Bonchev–Trinajstić information content (AvgIpc) is 2.95. The molecule has 0 unspecified atom stereocenters. The van der Waals surface area contributed by atoms with E-state index in [-0.39, 0.29) is 11.8 Å². The number of amides is 2. The monoisotopic (exact) mass is 356 g/mol. The van der Waals surface area contributed by atoms with Crippen molar-refractivity contribution in [1.82, 2.24) is 10.2 Å². The summed E-state index contributed by atoms with van der Waals surface area (Å²) in [5.74, 6) is -0.0770. The van der Waals surface area contributed by atoms with Crippen LogP contribution in [0, 0.1) is 0 Å². The minimum atomic E-state index is -0.193. The summed E-state index contributed by atoms with van der Waals surface area (Å²) in [7, 11) is 0. The Morgan fingerprint density at radius 2 is 2.00 bits per heavy atom. The quantitative estimate of drug-likeness (QED) is 0.814. The predicted octanol–water partition coefficient (Wildman–Crippen LogP) is 2.48. The number of thiol groups is 1. The Morgan fingerprint density at radius 3 is 2.70 bits per heavy atom. The Morgan fingerprint density at radius 1 is 1.30 bits per heavy atom. The maximum atomic E-state index is 12.0. The molecule has 0 bridgehead atoms. The van der Waals surface area contributed by atoms with E-state index in [2.05, 4.69) is 33.9 Å². The van der Waals surface area contributed by atoms with Crippen LogP contribution >= 0.6 is 28.6 Å². The van der Waals surface area contributed by atoms with Gasteiger partial charge in [-0.3, -0.25) is 9.59 Å². The van der Waals surface area contributed by atoms with Crippen molar-refractivity contribution in [3.8, 4) is 0 Å². The number of benzene rings is 1. The normalized spacial score (nSPS) is 14.4. The summed E-state index contributed by atoms with van der Waals surface area (Å²) in [5.41, 5.74) is 0.533. The molecule has 1 aromatic rings. The molecule has 1 aliphatic rings. The molecule has 108 valence electrons. The van der Waals surface area contributed by atoms with Gasteiger partial charge in [0.1, 0.15) is 0 Å². The van der Waals surface area contributed by atoms with Crippen LogP contribution in [0.1, 0.15) is 29.6 Å². The lowest BCUT2D eigenvalue weighted by atomic mass is 10.2. The van der Waals surface area contributed by atoms with Gasteiger partial charge in [-0.25, -0.2) is 0 Å². The highest BCUT2D eigenvalue weighted by molar-refractivity contribution is 9.10. The van der Waals surface area contributed by atoms with Crippen molar-refractivity contribution in [1.29, 1.82) is 0 Å². The fraction of sp³-hybridized carbons (Fsp3) is 0.429. The third kappa shape index (κ3) is 3.99. The zero-order valence-corrected chi connectivity index (χ0v) is 13.5. The molecule has 1 N–H and O–H groups in total. The van der Waals surface area contributed by atoms with Crippen molar-refractivity contribution in [3.05, 3.63) is 28.2 Å². The maximum Gasteiger partial charge on any atom is 0.252 e. The van der Waals surface area contributed by atoms with Gasteiger partial charge < -0.3 is 10.2 Å². The smallest absolute Gasteiger partial charge is 0.252 e. The van der Waals surface area contributed by atoms with E-state index in [9.17, 15) is 9.59 Å². The molecular weight excluding hydrogens is 340 g/mol. The van der Waals surface area contributed by atoms with E-state index >= 15 is 0 Å². The van der Waals surface area contributed by atoms with E-state index in [0.29, 0.717) is 18.5 Å². The van der Waals surface area contributed by atoms with E-state index in [0.717, 1.165) is 35.3 Å². The Balaban J connectivity index is 1.83. The first-order valence-electron chi connectivity index (χ1n) is 6.62. The zero-order chi connectivity index (χ0) is 14.5. The second-order valence-corrected chi connectivity index (χ2v) is 6.13. The van der Waals surface area contributed by atoms with Gasteiger partial charge in [0.15, 0.2) is 0 Å². The molecule has 0 atom stereocenters. The largest absolute Gasteiger partial charge is 0.351 e. The maximum absolute atomic E-state index is 12.0. The molecule has 1 fully saturated rings. The fourth-order valence-corrected chi connectivity index (χ4v) is 2.82. The third-order valence-electron chi connectivity index (χ3n) is 3.28. The van der Waals surface area contributed by atoms with Gasteiger partial charge in [-0.2, -0.15) is 0 Å². The minimum Gasteiger partial charge on any atom is -0.351 e. The lowest BCUT2D eigenvalue weighted by Crippen LogP contribution is -2.32. The molecular formula is C14H17BrN2O2S. The van der Waals surface area contributed by atoms with Crippen LogP contribution in [-0.4, -0.2) is 36.3 Å². The zero-order valence-electron chi connectivity index (χ0n) is 11.1. The highest BCUT2D eigenvalue weighted by Crippen LogP contribution is 2.20. The van der Waals surface area contributed by atoms with Crippen LogP contribution in [0.15, 0.2) is 27.6 Å². The second-order valence-electron chi connectivity index (χ2n) is 4.76. The summed E-state index contributed by atoms with van der Waals surface area (Å²) in [5, 5.41) is 2.77. The number of likely N-dealkylation sites (tertiary alicyclic amines) is 1. The molecule has 20 heavy (non-hydrogen) atoms. The van der Waals surface area contributed by atoms with Crippen LogP contribution in [0.4, 0.5) is 0 Å².